The quantitative estimate of drug-likeness (QED) is 0.907. The highest BCUT2D eigenvalue weighted by atomic mass is 35.5. The normalized spacial score (nSPS) is 14.0. The first kappa shape index (κ1) is 16.3. The highest BCUT2D eigenvalue weighted by Gasteiger charge is 2.22. The molecule has 1 aromatic rings. The topological polar surface area (TPSA) is 46.3 Å². The lowest BCUT2D eigenvalue weighted by atomic mass is 9.99. The number of amides is 1. The molecule has 2 atom stereocenters. The summed E-state index contributed by atoms with van der Waals surface area (Å²) in [5.41, 5.74) is 6.87. The van der Waals surface area contributed by atoms with E-state index >= 15 is 0 Å². The van der Waals surface area contributed by atoms with Crippen molar-refractivity contribution >= 4 is 29.1 Å². The van der Waals surface area contributed by atoms with Gasteiger partial charge in [-0.1, -0.05) is 49.5 Å². The Morgan fingerprint density at radius 1 is 1.37 bits per heavy atom. The number of nitrogens with two attached hydrogens (primary N) is 1. The molecule has 0 aromatic heterocycles. The summed E-state index contributed by atoms with van der Waals surface area (Å²) < 4.78 is 0. The van der Waals surface area contributed by atoms with E-state index in [1.54, 1.807) is 24.1 Å². The first-order chi connectivity index (χ1) is 8.86. The van der Waals surface area contributed by atoms with Crippen molar-refractivity contribution in [1.82, 2.24) is 4.90 Å². The van der Waals surface area contributed by atoms with E-state index in [0.717, 1.165) is 12.0 Å². The molecule has 0 heterocycles. The van der Waals surface area contributed by atoms with Crippen LogP contribution in [0.25, 0.3) is 0 Å². The number of hydrogen-bond donors (Lipinski definition) is 1. The largest absolute Gasteiger partial charge is 0.340 e. The number of benzene rings is 1. The van der Waals surface area contributed by atoms with Gasteiger partial charge in [-0.25, -0.2) is 0 Å². The van der Waals surface area contributed by atoms with Crippen molar-refractivity contribution in [2.75, 3.05) is 7.05 Å². The fourth-order valence-corrected chi connectivity index (χ4v) is 2.06. The predicted molar refractivity (Wildman–Crippen MR) is 80.4 cm³/mol. The Balaban J connectivity index is 2.70. The van der Waals surface area contributed by atoms with Gasteiger partial charge in [0.25, 0.3) is 0 Å². The molecule has 0 saturated carbocycles. The molecule has 19 heavy (non-hydrogen) atoms. The average Bonchev–Trinajstić information content (AvgIpc) is 2.40. The fourth-order valence-electron chi connectivity index (χ4n) is 1.74. The maximum absolute atomic E-state index is 12.1. The van der Waals surface area contributed by atoms with Crippen LogP contribution in [-0.2, 0) is 11.3 Å². The van der Waals surface area contributed by atoms with Crippen LogP contribution in [0.1, 0.15) is 25.8 Å². The van der Waals surface area contributed by atoms with Crippen molar-refractivity contribution in [2.24, 2.45) is 11.7 Å². The van der Waals surface area contributed by atoms with Crippen LogP contribution in [0.3, 0.4) is 0 Å². The van der Waals surface area contributed by atoms with Crippen LogP contribution in [0, 0.1) is 5.92 Å². The highest BCUT2D eigenvalue weighted by Crippen LogP contribution is 2.23. The molecule has 2 unspecified atom stereocenters. The van der Waals surface area contributed by atoms with Gasteiger partial charge in [-0.2, -0.15) is 0 Å². The van der Waals surface area contributed by atoms with Gasteiger partial charge in [-0.3, -0.25) is 4.79 Å². The number of carbonyl (C=O) groups excluding carboxylic acids is 1. The monoisotopic (exact) mass is 302 g/mol. The Morgan fingerprint density at radius 3 is 2.53 bits per heavy atom. The number of rotatable bonds is 5. The lowest BCUT2D eigenvalue weighted by Gasteiger charge is -2.24. The molecular weight excluding hydrogens is 283 g/mol. The molecule has 0 aliphatic heterocycles. The van der Waals surface area contributed by atoms with Gasteiger partial charge in [0.1, 0.15) is 0 Å². The van der Waals surface area contributed by atoms with Crippen molar-refractivity contribution in [2.45, 2.75) is 32.9 Å². The number of carbonyl (C=O) groups is 1. The predicted octanol–water partition coefficient (Wildman–Crippen LogP) is 3.33. The number of hydrogen-bond acceptors (Lipinski definition) is 2. The zero-order valence-electron chi connectivity index (χ0n) is 11.5. The van der Waals surface area contributed by atoms with Crippen LogP contribution in [0.5, 0.6) is 0 Å². The van der Waals surface area contributed by atoms with Crippen molar-refractivity contribution in [1.29, 1.82) is 0 Å². The van der Waals surface area contributed by atoms with Crippen molar-refractivity contribution in [3.8, 4) is 0 Å². The van der Waals surface area contributed by atoms with E-state index in [1.165, 1.54) is 0 Å². The minimum atomic E-state index is -0.460. The van der Waals surface area contributed by atoms with E-state index < -0.39 is 6.04 Å². The Labute approximate surface area is 124 Å². The maximum Gasteiger partial charge on any atom is 0.239 e. The van der Waals surface area contributed by atoms with Gasteiger partial charge in [0, 0.05) is 13.6 Å². The van der Waals surface area contributed by atoms with Gasteiger partial charge in [-0.15, -0.1) is 0 Å². The summed E-state index contributed by atoms with van der Waals surface area (Å²) in [6.07, 6.45) is 0.882. The first-order valence-electron chi connectivity index (χ1n) is 6.31. The van der Waals surface area contributed by atoms with Gasteiger partial charge in [0.05, 0.1) is 16.1 Å². The van der Waals surface area contributed by atoms with Crippen LogP contribution in [0.2, 0.25) is 10.0 Å². The summed E-state index contributed by atoms with van der Waals surface area (Å²) in [5.74, 6) is 0.115. The minimum absolute atomic E-state index is 0.0552. The summed E-state index contributed by atoms with van der Waals surface area (Å²) in [6.45, 7) is 4.48. The van der Waals surface area contributed by atoms with E-state index in [4.69, 9.17) is 28.9 Å². The molecular formula is C14H20Cl2N2O. The van der Waals surface area contributed by atoms with E-state index in [0.29, 0.717) is 16.6 Å². The lowest BCUT2D eigenvalue weighted by Crippen LogP contribution is -2.45. The third-order valence-electron chi connectivity index (χ3n) is 3.32. The summed E-state index contributed by atoms with van der Waals surface area (Å²) in [5, 5.41) is 1.00. The molecule has 2 N–H and O–H groups in total. The number of halogens is 2. The molecule has 3 nitrogen and oxygen atoms in total. The van der Waals surface area contributed by atoms with Crippen LogP contribution in [0.4, 0.5) is 0 Å². The van der Waals surface area contributed by atoms with Gasteiger partial charge < -0.3 is 10.6 Å². The Bertz CT molecular complexity index is 451. The van der Waals surface area contributed by atoms with Crippen LogP contribution in [0.15, 0.2) is 18.2 Å². The van der Waals surface area contributed by atoms with Crippen LogP contribution < -0.4 is 5.73 Å². The van der Waals surface area contributed by atoms with Gasteiger partial charge in [0.2, 0.25) is 5.91 Å². The molecule has 0 aliphatic rings. The minimum Gasteiger partial charge on any atom is -0.340 e. The van der Waals surface area contributed by atoms with Gasteiger partial charge in [0.15, 0.2) is 0 Å². The van der Waals surface area contributed by atoms with Crippen molar-refractivity contribution in [3.63, 3.8) is 0 Å². The SMILES string of the molecule is CCC(C)C(N)C(=O)N(C)Cc1ccc(Cl)c(Cl)c1. The molecule has 1 rings (SSSR count). The lowest BCUT2D eigenvalue weighted by molar-refractivity contribution is -0.132. The van der Waals surface area contributed by atoms with E-state index in [1.807, 2.05) is 19.9 Å². The molecule has 1 amide bonds. The molecule has 5 heteroatoms. The van der Waals surface area contributed by atoms with E-state index in [2.05, 4.69) is 0 Å². The molecule has 1 aromatic carbocycles. The van der Waals surface area contributed by atoms with E-state index in [-0.39, 0.29) is 11.8 Å². The zero-order valence-corrected chi connectivity index (χ0v) is 13.0. The molecule has 0 spiro atoms. The number of likely N-dealkylation sites (N-methyl/N-ethyl adjacent to an activating group) is 1. The van der Waals surface area contributed by atoms with Crippen LogP contribution >= 0.6 is 23.2 Å². The Hall–Kier alpha value is -0.770. The Kier molecular flexibility index (Phi) is 6.11. The molecule has 0 radical (unpaired) electrons. The molecule has 0 fully saturated rings. The van der Waals surface area contributed by atoms with Gasteiger partial charge in [-0.05, 0) is 23.6 Å². The maximum atomic E-state index is 12.1. The zero-order chi connectivity index (χ0) is 14.6. The summed E-state index contributed by atoms with van der Waals surface area (Å²) in [6, 6.07) is 4.89. The van der Waals surface area contributed by atoms with Crippen molar-refractivity contribution in [3.05, 3.63) is 33.8 Å². The molecule has 0 saturated heterocycles. The molecule has 0 bridgehead atoms. The smallest absolute Gasteiger partial charge is 0.239 e. The summed E-state index contributed by atoms with van der Waals surface area (Å²) in [4.78, 5) is 13.8. The standard InChI is InChI=1S/C14H20Cl2N2O/c1-4-9(2)13(17)14(19)18(3)8-10-5-6-11(15)12(16)7-10/h5-7,9,13H,4,8,17H2,1-3H3. The van der Waals surface area contributed by atoms with Gasteiger partial charge >= 0.3 is 0 Å². The fraction of sp³-hybridized carbons (Fsp3) is 0.500. The third kappa shape index (κ3) is 4.37. The second kappa shape index (κ2) is 7.13. The average molecular weight is 303 g/mol. The molecule has 0 aliphatic carbocycles. The Morgan fingerprint density at radius 2 is 2.00 bits per heavy atom. The molecule has 106 valence electrons. The summed E-state index contributed by atoms with van der Waals surface area (Å²) >= 11 is 11.8. The van der Waals surface area contributed by atoms with Crippen LogP contribution in [-0.4, -0.2) is 23.9 Å². The first-order valence-corrected chi connectivity index (χ1v) is 7.06. The third-order valence-corrected chi connectivity index (χ3v) is 4.06. The second-order valence-electron chi connectivity index (χ2n) is 4.85. The van der Waals surface area contributed by atoms with Crippen molar-refractivity contribution < 1.29 is 4.79 Å². The second-order valence-corrected chi connectivity index (χ2v) is 5.67. The van der Waals surface area contributed by atoms with E-state index in [9.17, 15) is 4.79 Å². The number of nitrogens with zero attached hydrogens (tertiary/aromatic N) is 1. The summed E-state index contributed by atoms with van der Waals surface area (Å²) in [7, 11) is 1.74. The highest BCUT2D eigenvalue weighted by molar-refractivity contribution is 6.42.